The number of halogens is 1. The Labute approximate surface area is 300 Å². The number of carbonyl (C=O) groups excluding carboxylic acids is 2. The van der Waals surface area contributed by atoms with E-state index in [0.717, 1.165) is 11.1 Å². The molecule has 16 heteroatoms. The van der Waals surface area contributed by atoms with E-state index < -0.39 is 65.0 Å². The molecule has 0 aliphatic carbocycles. The average Bonchev–Trinajstić information content (AvgIpc) is 3.77. The Morgan fingerprint density at radius 2 is 1.92 bits per heavy atom. The van der Waals surface area contributed by atoms with Gasteiger partial charge in [-0.1, -0.05) is 42.3 Å². The van der Waals surface area contributed by atoms with Crippen molar-refractivity contribution in [3.63, 3.8) is 0 Å². The maximum Gasteiger partial charge on any atom is 0.409 e. The number of aliphatic hydroxyl groups is 2. The summed E-state index contributed by atoms with van der Waals surface area (Å²) >= 11 is 6.72. The molecule has 0 spiro atoms. The first-order valence-corrected chi connectivity index (χ1v) is 16.7. The van der Waals surface area contributed by atoms with Crippen LogP contribution in [0.15, 0.2) is 60.2 Å². The number of nitrogens with zero attached hydrogens (tertiary/aromatic N) is 2. The van der Waals surface area contributed by atoms with Crippen LogP contribution in [0.1, 0.15) is 39.2 Å². The van der Waals surface area contributed by atoms with Crippen LogP contribution in [0.3, 0.4) is 0 Å². The molecule has 2 fully saturated rings. The zero-order valence-corrected chi connectivity index (χ0v) is 29.9. The van der Waals surface area contributed by atoms with Gasteiger partial charge in [0.25, 0.3) is 5.69 Å². The first-order chi connectivity index (χ1) is 24.1. The lowest BCUT2D eigenvalue weighted by atomic mass is 9.83. The van der Waals surface area contributed by atoms with Crippen molar-refractivity contribution >= 4 is 40.7 Å². The predicted molar refractivity (Wildman–Crippen MR) is 186 cm³/mol. The number of epoxide rings is 1. The standard InChI is InChI=1S/C35H43ClN4O11/c1-19-8-7-9-27(48-6)35(44)18-26(49-33(43)38-35)20(2)31-34(3,51-31)28(50-32(42)37-22-10-12-23(13-11-22)40(45)46)17-29(41)39(4)24-15-21(14-19)16-25(47-5)30(24)36/h7-13,15-16,20,26-28,31-32,37,42,44H,14,17-18H2,1-6H3,(H,38,43)/b9-7+,19-8+/t20-,26+,27-,28+,31+,32?,34+,35+/m1/s1. The average molecular weight is 731 g/mol. The summed E-state index contributed by atoms with van der Waals surface area (Å²) < 4.78 is 29.1. The molecule has 8 atom stereocenters. The number of methoxy groups -OCH3 is 2. The number of nitro benzene ring substituents is 1. The highest BCUT2D eigenvalue weighted by Gasteiger charge is 2.64. The molecule has 1 unspecified atom stereocenters. The van der Waals surface area contributed by atoms with E-state index in [-0.39, 0.29) is 23.6 Å². The second kappa shape index (κ2) is 15.2. The van der Waals surface area contributed by atoms with Crippen LogP contribution in [0.25, 0.3) is 0 Å². The summed E-state index contributed by atoms with van der Waals surface area (Å²) in [5, 5.41) is 39.2. The van der Waals surface area contributed by atoms with Gasteiger partial charge in [-0.25, -0.2) is 4.79 Å². The molecule has 51 heavy (non-hydrogen) atoms. The van der Waals surface area contributed by atoms with Crippen molar-refractivity contribution < 1.29 is 48.4 Å². The fraction of sp³-hybridized carbons (Fsp3) is 0.486. The number of nitro groups is 1. The predicted octanol–water partition coefficient (Wildman–Crippen LogP) is 4.44. The van der Waals surface area contributed by atoms with Gasteiger partial charge in [0.15, 0.2) is 5.72 Å². The number of non-ortho nitro benzene ring substituents is 1. The van der Waals surface area contributed by atoms with E-state index in [1.54, 1.807) is 45.2 Å². The Balaban J connectivity index is 1.52. The third kappa shape index (κ3) is 8.29. The lowest BCUT2D eigenvalue weighted by molar-refractivity contribution is -0.384. The topological polar surface area (TPSA) is 194 Å². The molecule has 0 aromatic heterocycles. The molecule has 276 valence electrons. The Bertz CT molecular complexity index is 1700. The monoisotopic (exact) mass is 730 g/mol. The van der Waals surface area contributed by atoms with Crippen LogP contribution in [-0.2, 0) is 30.2 Å². The van der Waals surface area contributed by atoms with Crippen LogP contribution in [0, 0.1) is 16.0 Å². The van der Waals surface area contributed by atoms with E-state index in [0.29, 0.717) is 23.5 Å². The van der Waals surface area contributed by atoms with Crippen molar-refractivity contribution in [1.29, 1.82) is 0 Å². The Morgan fingerprint density at radius 3 is 2.57 bits per heavy atom. The molecule has 3 aliphatic heterocycles. The molecule has 2 aromatic rings. The number of aliphatic hydroxyl groups excluding tert-OH is 1. The number of fused-ring (bicyclic) bond motifs is 5. The molecule has 4 N–H and O–H groups in total. The van der Waals surface area contributed by atoms with E-state index in [1.807, 2.05) is 13.0 Å². The Kier molecular flexibility index (Phi) is 11.3. The van der Waals surface area contributed by atoms with Crippen molar-refractivity contribution in [3.05, 3.63) is 80.9 Å². The van der Waals surface area contributed by atoms with E-state index in [4.69, 9.17) is 35.3 Å². The number of nitrogens with one attached hydrogen (secondary N) is 2. The summed E-state index contributed by atoms with van der Waals surface area (Å²) in [5.74, 6) is -0.581. The maximum atomic E-state index is 14.0. The van der Waals surface area contributed by atoms with Crippen LogP contribution in [0.4, 0.5) is 21.9 Å². The number of alkyl carbamates (subject to hydrolysis) is 1. The first-order valence-electron chi connectivity index (χ1n) is 16.3. The summed E-state index contributed by atoms with van der Waals surface area (Å²) in [6.07, 6.45) is -0.680. The molecule has 3 aliphatic rings. The molecular weight excluding hydrogens is 688 g/mol. The van der Waals surface area contributed by atoms with Gasteiger partial charge >= 0.3 is 6.09 Å². The molecule has 2 saturated heterocycles. The van der Waals surface area contributed by atoms with Gasteiger partial charge in [-0.3, -0.25) is 20.2 Å². The number of allylic oxidation sites excluding steroid dienone is 3. The number of hydrogen-bond donors (Lipinski definition) is 4. The number of rotatable bonds is 7. The molecule has 2 aromatic carbocycles. The third-order valence-corrected chi connectivity index (χ3v) is 9.99. The van der Waals surface area contributed by atoms with Crippen molar-refractivity contribution in [3.8, 4) is 5.75 Å². The van der Waals surface area contributed by atoms with Crippen LogP contribution >= 0.6 is 11.6 Å². The zero-order chi connectivity index (χ0) is 37.2. The molecule has 0 radical (unpaired) electrons. The summed E-state index contributed by atoms with van der Waals surface area (Å²) in [5.41, 5.74) is -0.711. The van der Waals surface area contributed by atoms with Gasteiger partial charge in [0.05, 0.1) is 30.2 Å². The fourth-order valence-electron chi connectivity index (χ4n) is 6.64. The van der Waals surface area contributed by atoms with E-state index in [9.17, 15) is 29.9 Å². The maximum absolute atomic E-state index is 14.0. The third-order valence-electron chi connectivity index (χ3n) is 9.61. The van der Waals surface area contributed by atoms with E-state index >= 15 is 0 Å². The molecular formula is C35H43ClN4O11. The smallest absolute Gasteiger partial charge is 0.409 e. The number of hydrogen-bond acceptors (Lipinski definition) is 12. The van der Waals surface area contributed by atoms with Gasteiger partial charge in [0.1, 0.15) is 34.7 Å². The van der Waals surface area contributed by atoms with E-state index in [1.165, 1.54) is 43.4 Å². The Hall–Kier alpha value is -4.25. The largest absolute Gasteiger partial charge is 0.495 e. The zero-order valence-electron chi connectivity index (χ0n) is 29.1. The summed E-state index contributed by atoms with van der Waals surface area (Å²) in [6.45, 7) is 5.42. The minimum Gasteiger partial charge on any atom is -0.495 e. The summed E-state index contributed by atoms with van der Waals surface area (Å²) in [6, 6.07) is 8.92. The molecule has 15 nitrogen and oxygen atoms in total. The molecule has 4 bridgehead atoms. The highest BCUT2D eigenvalue weighted by molar-refractivity contribution is 6.35. The minimum absolute atomic E-state index is 0.0525. The number of amides is 2. The van der Waals surface area contributed by atoms with E-state index in [2.05, 4.69) is 10.6 Å². The van der Waals surface area contributed by atoms with Crippen LogP contribution < -0.4 is 20.3 Å². The van der Waals surface area contributed by atoms with Gasteiger partial charge in [-0.2, -0.15) is 0 Å². The lowest BCUT2D eigenvalue weighted by Gasteiger charge is -2.42. The second-order valence-corrected chi connectivity index (χ2v) is 13.6. The van der Waals surface area contributed by atoms with Crippen molar-refractivity contribution in [2.75, 3.05) is 31.5 Å². The molecule has 2 amide bonds. The van der Waals surface area contributed by atoms with Crippen molar-refractivity contribution in [2.45, 2.75) is 82.2 Å². The highest BCUT2D eigenvalue weighted by Crippen LogP contribution is 2.49. The van der Waals surface area contributed by atoms with Crippen LogP contribution in [-0.4, -0.2) is 90.6 Å². The number of anilines is 2. The van der Waals surface area contributed by atoms with Crippen molar-refractivity contribution in [2.24, 2.45) is 5.92 Å². The quantitative estimate of drug-likeness (QED) is 0.136. The van der Waals surface area contributed by atoms with Gasteiger partial charge in [-0.05, 0) is 50.1 Å². The van der Waals surface area contributed by atoms with Gasteiger partial charge in [-0.15, -0.1) is 0 Å². The Morgan fingerprint density at radius 1 is 1.22 bits per heavy atom. The minimum atomic E-state index is -1.83. The second-order valence-electron chi connectivity index (χ2n) is 13.2. The number of ether oxygens (including phenoxy) is 5. The van der Waals surface area contributed by atoms with Crippen molar-refractivity contribution in [1.82, 2.24) is 5.32 Å². The SMILES string of the molecule is COc1cc2cc(c1Cl)N(C)C(=O)C[C@H](OC(O)Nc1ccc([N+](=O)[O-])cc1)[C@]1(C)O[C@H]1[C@H](C)[C@@H]1C[C@@](O)(NC(=O)O1)[C@H](OC)/C=C/C=C(\C)C2. The lowest BCUT2D eigenvalue weighted by Crippen LogP contribution is -2.63. The normalized spacial score (nSPS) is 32.0. The fourth-order valence-corrected chi connectivity index (χ4v) is 6.95. The highest BCUT2D eigenvalue weighted by atomic mass is 35.5. The van der Waals surface area contributed by atoms with Crippen LogP contribution in [0.2, 0.25) is 5.02 Å². The van der Waals surface area contributed by atoms with Gasteiger partial charge < -0.3 is 44.1 Å². The summed E-state index contributed by atoms with van der Waals surface area (Å²) in [4.78, 5) is 38.7. The molecule has 0 saturated carbocycles. The summed E-state index contributed by atoms with van der Waals surface area (Å²) in [7, 11) is 4.47. The molecule has 3 heterocycles. The van der Waals surface area contributed by atoms with Gasteiger partial charge in [0.2, 0.25) is 12.3 Å². The van der Waals surface area contributed by atoms with Crippen LogP contribution in [0.5, 0.6) is 5.75 Å². The first kappa shape index (κ1) is 38.0. The number of carbonyl (C=O) groups is 2. The number of benzene rings is 2. The van der Waals surface area contributed by atoms with Gasteiger partial charge in [0, 0.05) is 44.3 Å². The molecule has 5 rings (SSSR count).